The number of carbonyl (C=O) groups is 2. The number of ether oxygens (including phenoxy) is 1. The number of amides is 1. The minimum absolute atomic E-state index is 0.149. The average Bonchev–Trinajstić information content (AvgIpc) is 3.08. The van der Waals surface area contributed by atoms with Gasteiger partial charge < -0.3 is 14.7 Å². The minimum atomic E-state index is -0.962. The number of hydrogen-bond donors (Lipinski definition) is 1. The highest BCUT2D eigenvalue weighted by atomic mass is 16.5. The van der Waals surface area contributed by atoms with Gasteiger partial charge >= 0.3 is 5.97 Å². The number of aliphatic carboxylic acids is 1. The van der Waals surface area contributed by atoms with Crippen molar-refractivity contribution in [2.24, 2.45) is 11.8 Å². The van der Waals surface area contributed by atoms with Gasteiger partial charge in [-0.1, -0.05) is 30.4 Å². The number of nitrogens with zero attached hydrogens (tertiary/aromatic N) is 1. The van der Waals surface area contributed by atoms with Crippen molar-refractivity contribution in [1.82, 2.24) is 0 Å². The van der Waals surface area contributed by atoms with Crippen LogP contribution in [0.2, 0.25) is 0 Å². The molecule has 4 rings (SSSR count). The van der Waals surface area contributed by atoms with Gasteiger partial charge in [0.1, 0.15) is 11.5 Å². The summed E-state index contributed by atoms with van der Waals surface area (Å²) in [5, 5.41) is 9.42. The van der Waals surface area contributed by atoms with Crippen molar-refractivity contribution < 1.29 is 19.4 Å². The molecule has 0 saturated carbocycles. The first kappa shape index (κ1) is 12.6. The molecule has 4 atom stereocenters. The van der Waals surface area contributed by atoms with E-state index >= 15 is 0 Å². The molecular formula is C16H15NO4. The van der Waals surface area contributed by atoms with Crippen molar-refractivity contribution in [3.8, 4) is 0 Å². The second kappa shape index (κ2) is 3.95. The number of para-hydroxylation sites is 1. The van der Waals surface area contributed by atoms with Crippen molar-refractivity contribution in [2.45, 2.75) is 18.6 Å². The molecule has 0 unspecified atom stereocenters. The monoisotopic (exact) mass is 285 g/mol. The first-order valence-electron chi connectivity index (χ1n) is 7.00. The van der Waals surface area contributed by atoms with Crippen molar-refractivity contribution in [3.63, 3.8) is 0 Å². The fourth-order valence-corrected chi connectivity index (χ4v) is 3.85. The lowest BCUT2D eigenvalue weighted by Gasteiger charge is -2.22. The molecule has 5 heteroatoms. The zero-order valence-corrected chi connectivity index (χ0v) is 11.5. The molecule has 3 heterocycles. The molecule has 5 nitrogen and oxygen atoms in total. The van der Waals surface area contributed by atoms with Crippen LogP contribution in [0.3, 0.4) is 0 Å². The molecule has 2 bridgehead atoms. The fraction of sp³-hybridized carbons (Fsp3) is 0.375. The number of carboxylic acids is 1. The fourth-order valence-electron chi connectivity index (χ4n) is 3.85. The van der Waals surface area contributed by atoms with Crippen LogP contribution in [-0.4, -0.2) is 35.2 Å². The number of benzene rings is 1. The summed E-state index contributed by atoms with van der Waals surface area (Å²) in [4.78, 5) is 26.0. The Labute approximate surface area is 121 Å². The van der Waals surface area contributed by atoms with Gasteiger partial charge in [0.15, 0.2) is 0 Å². The number of carbonyl (C=O) groups excluding carboxylic acids is 1. The van der Waals surface area contributed by atoms with Crippen LogP contribution >= 0.6 is 0 Å². The van der Waals surface area contributed by atoms with Gasteiger partial charge in [-0.15, -0.1) is 0 Å². The summed E-state index contributed by atoms with van der Waals surface area (Å²) in [6, 6.07) is 7.62. The standard InChI is InChI=1S/C16H15NO4/c1-9-4-2-3-5-10(9)17-8-16-7-6-11(21-16)12(15(19)20)13(16)14(17)18/h2-7,11-13H,8H2,1H3,(H,19,20)/t11-,12+,13+,16+/m1/s1. The Morgan fingerprint density at radius 1 is 1.43 bits per heavy atom. The summed E-state index contributed by atoms with van der Waals surface area (Å²) in [6.45, 7) is 2.33. The van der Waals surface area contributed by atoms with Crippen molar-refractivity contribution in [3.05, 3.63) is 42.0 Å². The van der Waals surface area contributed by atoms with E-state index < -0.39 is 29.5 Å². The number of anilines is 1. The van der Waals surface area contributed by atoms with Crippen molar-refractivity contribution in [2.75, 3.05) is 11.4 Å². The maximum absolute atomic E-state index is 12.8. The van der Waals surface area contributed by atoms with Crippen LogP contribution < -0.4 is 4.90 Å². The van der Waals surface area contributed by atoms with E-state index in [0.29, 0.717) is 6.54 Å². The lowest BCUT2D eigenvalue weighted by atomic mass is 9.77. The van der Waals surface area contributed by atoms with Gasteiger partial charge in [0, 0.05) is 5.69 Å². The van der Waals surface area contributed by atoms with Crippen LogP contribution in [-0.2, 0) is 14.3 Å². The van der Waals surface area contributed by atoms with E-state index in [-0.39, 0.29) is 5.91 Å². The van der Waals surface area contributed by atoms with Gasteiger partial charge in [0.2, 0.25) is 5.91 Å². The number of aryl methyl sites for hydroxylation is 1. The topological polar surface area (TPSA) is 66.8 Å². The number of carboxylic acid groups (broad SMARTS) is 1. The third-order valence-corrected chi connectivity index (χ3v) is 4.79. The molecule has 2 fully saturated rings. The molecule has 1 aromatic rings. The molecule has 1 amide bonds. The van der Waals surface area contributed by atoms with E-state index in [1.54, 1.807) is 11.0 Å². The number of rotatable bonds is 2. The SMILES string of the molecule is Cc1ccccc1N1C[C@]23C=C[C@@H](O2)[C@H](C(=O)O)[C@H]3C1=O. The molecule has 21 heavy (non-hydrogen) atoms. The first-order valence-corrected chi connectivity index (χ1v) is 7.00. The summed E-state index contributed by atoms with van der Waals surface area (Å²) >= 11 is 0. The predicted molar refractivity (Wildman–Crippen MR) is 74.9 cm³/mol. The largest absolute Gasteiger partial charge is 0.481 e. The molecule has 3 aliphatic heterocycles. The lowest BCUT2D eigenvalue weighted by molar-refractivity contribution is -0.146. The zero-order valence-electron chi connectivity index (χ0n) is 11.5. The van der Waals surface area contributed by atoms with Gasteiger partial charge in [-0.05, 0) is 18.6 Å². The van der Waals surface area contributed by atoms with Crippen molar-refractivity contribution in [1.29, 1.82) is 0 Å². The van der Waals surface area contributed by atoms with Crippen LogP contribution in [0.5, 0.6) is 0 Å². The zero-order chi connectivity index (χ0) is 14.8. The van der Waals surface area contributed by atoms with Gasteiger partial charge in [0.05, 0.1) is 18.6 Å². The summed E-state index contributed by atoms with van der Waals surface area (Å²) in [7, 11) is 0. The Bertz CT molecular complexity index is 683. The van der Waals surface area contributed by atoms with E-state index in [1.165, 1.54) is 0 Å². The van der Waals surface area contributed by atoms with E-state index in [9.17, 15) is 14.7 Å². The quantitative estimate of drug-likeness (QED) is 0.833. The van der Waals surface area contributed by atoms with Gasteiger partial charge in [-0.3, -0.25) is 9.59 Å². The second-order valence-electron chi connectivity index (χ2n) is 5.95. The Morgan fingerprint density at radius 2 is 2.19 bits per heavy atom. The predicted octanol–water partition coefficient (Wildman–Crippen LogP) is 1.37. The molecule has 0 aliphatic carbocycles. The molecule has 1 aromatic carbocycles. The van der Waals surface area contributed by atoms with E-state index in [0.717, 1.165) is 11.3 Å². The normalized spacial score (nSPS) is 36.3. The lowest BCUT2D eigenvalue weighted by Crippen LogP contribution is -2.39. The van der Waals surface area contributed by atoms with Gasteiger partial charge in [-0.2, -0.15) is 0 Å². The number of fused-ring (bicyclic) bond motifs is 1. The smallest absolute Gasteiger partial charge is 0.310 e. The highest BCUT2D eigenvalue weighted by Gasteiger charge is 2.67. The highest BCUT2D eigenvalue weighted by molar-refractivity contribution is 6.02. The Hall–Kier alpha value is -2.14. The number of hydrogen-bond acceptors (Lipinski definition) is 3. The van der Waals surface area contributed by atoms with Crippen LogP contribution in [0, 0.1) is 18.8 Å². The average molecular weight is 285 g/mol. The first-order chi connectivity index (χ1) is 10.0. The molecular weight excluding hydrogens is 270 g/mol. The second-order valence-corrected chi connectivity index (χ2v) is 5.95. The summed E-state index contributed by atoms with van der Waals surface area (Å²) < 4.78 is 5.87. The molecule has 3 aliphatic rings. The molecule has 108 valence electrons. The van der Waals surface area contributed by atoms with Gasteiger partial charge in [-0.25, -0.2) is 0 Å². The minimum Gasteiger partial charge on any atom is -0.481 e. The Kier molecular flexibility index (Phi) is 2.37. The Morgan fingerprint density at radius 3 is 2.90 bits per heavy atom. The molecule has 0 radical (unpaired) electrons. The summed E-state index contributed by atoms with van der Waals surface area (Å²) in [5.41, 5.74) is 1.05. The summed E-state index contributed by atoms with van der Waals surface area (Å²) in [5.74, 6) is -2.51. The van der Waals surface area contributed by atoms with Crippen LogP contribution in [0.15, 0.2) is 36.4 Å². The van der Waals surface area contributed by atoms with Crippen LogP contribution in [0.25, 0.3) is 0 Å². The third-order valence-electron chi connectivity index (χ3n) is 4.79. The molecule has 0 aromatic heterocycles. The summed E-state index contributed by atoms with van der Waals surface area (Å²) in [6.07, 6.45) is 3.18. The van der Waals surface area contributed by atoms with E-state index in [1.807, 2.05) is 37.3 Å². The highest BCUT2D eigenvalue weighted by Crippen LogP contribution is 2.52. The Balaban J connectivity index is 1.78. The maximum atomic E-state index is 12.8. The molecule has 2 saturated heterocycles. The maximum Gasteiger partial charge on any atom is 0.310 e. The van der Waals surface area contributed by atoms with Gasteiger partial charge in [0.25, 0.3) is 0 Å². The van der Waals surface area contributed by atoms with Crippen LogP contribution in [0.1, 0.15) is 5.56 Å². The molecule has 1 N–H and O–H groups in total. The van der Waals surface area contributed by atoms with Crippen molar-refractivity contribution >= 4 is 17.6 Å². The molecule has 1 spiro atoms. The van der Waals surface area contributed by atoms with Crippen LogP contribution in [0.4, 0.5) is 5.69 Å². The van der Waals surface area contributed by atoms with E-state index in [2.05, 4.69) is 0 Å². The van der Waals surface area contributed by atoms with E-state index in [4.69, 9.17) is 4.74 Å². The third kappa shape index (κ3) is 1.49.